The van der Waals surface area contributed by atoms with Gasteiger partial charge in [-0.2, -0.15) is 0 Å². The number of aromatic nitrogens is 2. The van der Waals surface area contributed by atoms with Crippen LogP contribution in [0, 0.1) is 0 Å². The molecule has 0 aliphatic carbocycles. The molecule has 0 aliphatic rings. The van der Waals surface area contributed by atoms with Crippen LogP contribution in [0.2, 0.25) is 0 Å². The van der Waals surface area contributed by atoms with E-state index in [0.29, 0.717) is 6.54 Å². The van der Waals surface area contributed by atoms with Crippen molar-refractivity contribution in [3.63, 3.8) is 0 Å². The molecule has 0 fully saturated rings. The summed E-state index contributed by atoms with van der Waals surface area (Å²) in [5, 5.41) is 3.29. The molecule has 6 heteroatoms. The van der Waals surface area contributed by atoms with E-state index in [2.05, 4.69) is 104 Å². The first-order chi connectivity index (χ1) is 16.6. The lowest BCUT2D eigenvalue weighted by Gasteiger charge is -2.21. The van der Waals surface area contributed by atoms with Crippen LogP contribution in [0.25, 0.3) is 11.2 Å². The first-order valence-electron chi connectivity index (χ1n) is 12.6. The van der Waals surface area contributed by atoms with Crippen molar-refractivity contribution < 1.29 is 4.74 Å². The Kier molecular flexibility index (Phi) is 11.2. The summed E-state index contributed by atoms with van der Waals surface area (Å²) in [4.78, 5) is 9.03. The van der Waals surface area contributed by atoms with Gasteiger partial charge in [0.15, 0.2) is 7.28 Å². The number of hydrogen-bond acceptors (Lipinski definition) is 4. The number of nitrogens with one attached hydrogen (secondary N) is 1. The predicted molar refractivity (Wildman–Crippen MR) is 156 cm³/mol. The van der Waals surface area contributed by atoms with Crippen LogP contribution in [0.4, 0.5) is 0 Å². The molecule has 1 N–H and O–H groups in total. The lowest BCUT2D eigenvalue weighted by atomic mass is 9.61. The molecule has 1 aromatic heterocycles. The smallest absolute Gasteiger partial charge is 0.184 e. The summed E-state index contributed by atoms with van der Waals surface area (Å²) in [6, 6.07) is 6.28. The van der Waals surface area contributed by atoms with E-state index in [0.717, 1.165) is 65.1 Å². The second-order valence-corrected chi connectivity index (χ2v) is 11.2. The van der Waals surface area contributed by atoms with Gasteiger partial charge in [-0.1, -0.05) is 51.7 Å². The van der Waals surface area contributed by atoms with E-state index in [1.807, 2.05) is 19.3 Å². The second kappa shape index (κ2) is 13.6. The molecule has 0 spiro atoms. The molecule has 0 bridgehead atoms. The molecule has 4 nitrogen and oxygen atoms in total. The number of rotatable bonds is 14. The molecular formula is C29H42BN3OP. The zero-order valence-corrected chi connectivity index (χ0v) is 23.6. The summed E-state index contributed by atoms with van der Waals surface area (Å²) in [7, 11) is 4.88. The number of benzene rings is 1. The van der Waals surface area contributed by atoms with Crippen molar-refractivity contribution in [2.45, 2.75) is 85.0 Å². The van der Waals surface area contributed by atoms with Crippen molar-refractivity contribution in [1.29, 1.82) is 0 Å². The molecule has 2 aromatic rings. The van der Waals surface area contributed by atoms with Gasteiger partial charge in [0.1, 0.15) is 11.6 Å². The third kappa shape index (κ3) is 9.30. The Bertz CT molecular complexity index is 1020. The van der Waals surface area contributed by atoms with Gasteiger partial charge in [-0.3, -0.25) is 0 Å². The Labute approximate surface area is 216 Å². The number of hydrogen-bond donors (Lipinski definition) is 1. The van der Waals surface area contributed by atoms with Crippen LogP contribution in [-0.4, -0.2) is 23.4 Å². The van der Waals surface area contributed by atoms with Gasteiger partial charge >= 0.3 is 0 Å². The average molecular weight is 490 g/mol. The minimum absolute atomic E-state index is 0.148. The second-order valence-electron chi connectivity index (χ2n) is 9.73. The number of allylic oxidation sites excluding steroid dienone is 2. The van der Waals surface area contributed by atoms with Gasteiger partial charge in [-0.05, 0) is 57.4 Å². The molecule has 1 atom stereocenters. The quantitative estimate of drug-likeness (QED) is 0.223. The van der Waals surface area contributed by atoms with E-state index >= 15 is 0 Å². The summed E-state index contributed by atoms with van der Waals surface area (Å²) < 4.78 is 6.46. The maximum Gasteiger partial charge on any atom is 0.184 e. The highest BCUT2D eigenvalue weighted by Crippen LogP contribution is 2.28. The molecule has 0 aliphatic heterocycles. The van der Waals surface area contributed by atoms with E-state index in [1.165, 1.54) is 5.47 Å². The van der Waals surface area contributed by atoms with Crippen molar-refractivity contribution in [3.05, 3.63) is 77.8 Å². The Balaban J connectivity index is 2.26. The third-order valence-corrected chi connectivity index (χ3v) is 6.05. The first-order valence-corrected chi connectivity index (χ1v) is 13.2. The van der Waals surface area contributed by atoms with Gasteiger partial charge in [-0.25, -0.2) is 9.97 Å². The van der Waals surface area contributed by atoms with Crippen molar-refractivity contribution in [2.24, 2.45) is 0 Å². The van der Waals surface area contributed by atoms with Gasteiger partial charge in [-0.15, -0.1) is 21.3 Å². The van der Waals surface area contributed by atoms with Crippen molar-refractivity contribution >= 4 is 27.7 Å². The van der Waals surface area contributed by atoms with E-state index in [-0.39, 0.29) is 11.3 Å². The normalized spacial score (nSPS) is 11.9. The zero-order valence-electron chi connectivity index (χ0n) is 22.4. The summed E-state index contributed by atoms with van der Waals surface area (Å²) in [5.74, 6) is 1.66. The van der Waals surface area contributed by atoms with Gasteiger partial charge < -0.3 is 10.1 Å². The lowest BCUT2D eigenvalue weighted by molar-refractivity contribution is 0.178. The van der Waals surface area contributed by atoms with Crippen LogP contribution < -0.4 is 10.1 Å². The van der Waals surface area contributed by atoms with Crippen LogP contribution in [-0.2, 0) is 11.7 Å². The Hall–Kier alpha value is -2.39. The van der Waals surface area contributed by atoms with Crippen LogP contribution >= 0.6 is 9.24 Å². The molecule has 1 radical (unpaired) electrons. The highest BCUT2D eigenvalue weighted by molar-refractivity contribution is 7.18. The van der Waals surface area contributed by atoms with Crippen LogP contribution in [0.3, 0.4) is 0 Å². The van der Waals surface area contributed by atoms with Crippen LogP contribution in [0.5, 0.6) is 5.75 Å². The number of nitrogens with zero attached hydrogens (tertiary/aromatic N) is 2. The third-order valence-electron chi connectivity index (χ3n) is 5.79. The molecular weight excluding hydrogens is 448 g/mol. The largest absolute Gasteiger partial charge is 0.490 e. The molecule has 187 valence electrons. The van der Waals surface area contributed by atoms with Gasteiger partial charge in [0, 0.05) is 40.9 Å². The minimum atomic E-state index is -0.148. The van der Waals surface area contributed by atoms with E-state index < -0.39 is 0 Å². The van der Waals surface area contributed by atoms with E-state index in [4.69, 9.17) is 4.74 Å². The van der Waals surface area contributed by atoms with E-state index in [9.17, 15) is 0 Å². The molecule has 0 saturated carbocycles. The van der Waals surface area contributed by atoms with Crippen LogP contribution in [0.1, 0.15) is 89.7 Å². The van der Waals surface area contributed by atoms with Crippen molar-refractivity contribution in [2.75, 3.05) is 0 Å². The fourth-order valence-corrected chi connectivity index (χ4v) is 3.81. The van der Waals surface area contributed by atoms with Crippen molar-refractivity contribution in [3.8, 4) is 5.75 Å². The fourth-order valence-electron chi connectivity index (χ4n) is 3.66. The molecule has 0 saturated heterocycles. The Morgan fingerprint density at radius 2 is 1.71 bits per heavy atom. The minimum Gasteiger partial charge on any atom is -0.490 e. The molecule has 1 unspecified atom stereocenters. The molecule has 0 amide bonds. The van der Waals surface area contributed by atoms with E-state index in [1.54, 1.807) is 0 Å². The lowest BCUT2D eigenvalue weighted by Crippen LogP contribution is -2.17. The van der Waals surface area contributed by atoms with Gasteiger partial charge in [0.05, 0.1) is 6.10 Å². The van der Waals surface area contributed by atoms with Gasteiger partial charge in [0.2, 0.25) is 0 Å². The maximum atomic E-state index is 6.46. The molecule has 2 rings (SSSR count). The monoisotopic (exact) mass is 490 g/mol. The Morgan fingerprint density at radius 1 is 1.11 bits per heavy atom. The molecule has 1 heterocycles. The first kappa shape index (κ1) is 28.8. The molecule has 1 aromatic carbocycles. The fraction of sp³-hybridized carbons (Fsp3) is 0.448. The summed E-state index contributed by atoms with van der Waals surface area (Å²) in [6.45, 7) is 21.9. The SMILES string of the molecule is C=C([B]/C(C)=C\C)c1cc(OC(CCC)CCC)cc(C(=C)NCc2cnc(C(C)(C)P)nc2)c1. The standard InChI is InChI=1S/C29H42BN3OP/c1-9-12-26(13-10-2)34-27-15-24(21(5)30-20(4)11-3)14-25(16-27)22(6)31-17-23-18-32-28(33-19-23)29(7,8)35/h11,14-16,18-19,26,31H,5-6,9-10,12-13,17,35H2,1-4,7-8H3/b20-11-. The van der Waals surface area contributed by atoms with Gasteiger partial charge in [0.25, 0.3) is 0 Å². The zero-order chi connectivity index (χ0) is 26.0. The molecule has 35 heavy (non-hydrogen) atoms. The topological polar surface area (TPSA) is 47.0 Å². The summed E-state index contributed by atoms with van der Waals surface area (Å²) in [6.07, 6.45) is 10.3. The summed E-state index contributed by atoms with van der Waals surface area (Å²) >= 11 is 0. The highest BCUT2D eigenvalue weighted by Gasteiger charge is 2.17. The Morgan fingerprint density at radius 3 is 2.26 bits per heavy atom. The van der Waals surface area contributed by atoms with Crippen LogP contribution in [0.15, 0.2) is 55.3 Å². The van der Waals surface area contributed by atoms with Crippen molar-refractivity contribution in [1.82, 2.24) is 15.3 Å². The predicted octanol–water partition coefficient (Wildman–Crippen LogP) is 7.29. The average Bonchev–Trinajstić information content (AvgIpc) is 2.82. The summed E-state index contributed by atoms with van der Waals surface area (Å²) in [5.41, 5.74) is 5.97. The highest BCUT2D eigenvalue weighted by atomic mass is 31.0. The number of ether oxygens (including phenoxy) is 1. The maximum absolute atomic E-state index is 6.46.